The van der Waals surface area contributed by atoms with Gasteiger partial charge in [-0.3, -0.25) is 9.97 Å². The third kappa shape index (κ3) is 3.26. The molecule has 4 aromatic rings. The highest BCUT2D eigenvalue weighted by atomic mass is 35.5. The number of pyridine rings is 2. The SMILES string of the molecule is COc1cnccc1-c1ccc2nc(Cc3cc(CCl)ccn3)[nH]c2c1. The molecular weight excluding hydrogens is 348 g/mol. The molecule has 0 aliphatic rings. The summed E-state index contributed by atoms with van der Waals surface area (Å²) in [6.07, 6.45) is 5.89. The van der Waals surface area contributed by atoms with Crippen LogP contribution in [-0.4, -0.2) is 27.0 Å². The number of nitrogens with zero attached hydrogens (tertiary/aromatic N) is 3. The van der Waals surface area contributed by atoms with E-state index >= 15 is 0 Å². The molecule has 0 spiro atoms. The number of ether oxygens (including phenoxy) is 1. The first-order chi connectivity index (χ1) is 12.8. The lowest BCUT2D eigenvalue weighted by Gasteiger charge is -2.07. The van der Waals surface area contributed by atoms with Gasteiger partial charge in [-0.25, -0.2) is 4.98 Å². The van der Waals surface area contributed by atoms with Gasteiger partial charge in [0.15, 0.2) is 0 Å². The fourth-order valence-electron chi connectivity index (χ4n) is 2.97. The Labute approximate surface area is 156 Å². The van der Waals surface area contributed by atoms with E-state index in [1.54, 1.807) is 25.7 Å². The predicted octanol–water partition coefficient (Wildman–Crippen LogP) is 4.36. The lowest BCUT2D eigenvalue weighted by Crippen LogP contribution is -1.95. The number of nitrogens with one attached hydrogen (secondary N) is 1. The van der Waals surface area contributed by atoms with Crippen molar-refractivity contribution in [1.82, 2.24) is 19.9 Å². The zero-order chi connectivity index (χ0) is 17.9. The highest BCUT2D eigenvalue weighted by molar-refractivity contribution is 6.17. The fourth-order valence-corrected chi connectivity index (χ4v) is 3.14. The average Bonchev–Trinajstić information content (AvgIpc) is 3.09. The van der Waals surface area contributed by atoms with Crippen molar-refractivity contribution in [3.05, 3.63) is 72.1 Å². The minimum atomic E-state index is 0.479. The van der Waals surface area contributed by atoms with Crippen LogP contribution in [0.4, 0.5) is 0 Å². The van der Waals surface area contributed by atoms with Crippen molar-refractivity contribution in [1.29, 1.82) is 0 Å². The van der Waals surface area contributed by atoms with E-state index in [0.717, 1.165) is 45.0 Å². The van der Waals surface area contributed by atoms with Crippen molar-refractivity contribution < 1.29 is 4.74 Å². The van der Waals surface area contributed by atoms with Gasteiger partial charge in [0.2, 0.25) is 0 Å². The summed E-state index contributed by atoms with van der Waals surface area (Å²) in [4.78, 5) is 16.6. The third-order valence-corrected chi connectivity index (χ3v) is 4.54. The highest BCUT2D eigenvalue weighted by Crippen LogP contribution is 2.30. The molecular formula is C20H17ClN4O. The van der Waals surface area contributed by atoms with Crippen molar-refractivity contribution in [3.8, 4) is 16.9 Å². The van der Waals surface area contributed by atoms with Crippen LogP contribution in [0.25, 0.3) is 22.2 Å². The molecule has 0 saturated heterocycles. The summed E-state index contributed by atoms with van der Waals surface area (Å²) in [7, 11) is 1.65. The van der Waals surface area contributed by atoms with Gasteiger partial charge in [0.1, 0.15) is 11.6 Å². The van der Waals surface area contributed by atoms with Crippen LogP contribution in [0, 0.1) is 0 Å². The van der Waals surface area contributed by atoms with Crippen LogP contribution < -0.4 is 4.74 Å². The summed E-state index contributed by atoms with van der Waals surface area (Å²) in [6, 6.07) is 12.0. The number of fused-ring (bicyclic) bond motifs is 1. The smallest absolute Gasteiger partial charge is 0.144 e. The summed E-state index contributed by atoms with van der Waals surface area (Å²) in [5, 5.41) is 0. The quantitative estimate of drug-likeness (QED) is 0.534. The van der Waals surface area contributed by atoms with Gasteiger partial charge in [-0.05, 0) is 41.5 Å². The van der Waals surface area contributed by atoms with E-state index in [4.69, 9.17) is 16.3 Å². The van der Waals surface area contributed by atoms with Crippen LogP contribution in [-0.2, 0) is 12.3 Å². The molecule has 0 unspecified atom stereocenters. The lowest BCUT2D eigenvalue weighted by molar-refractivity contribution is 0.414. The predicted molar refractivity (Wildman–Crippen MR) is 102 cm³/mol. The molecule has 0 saturated carbocycles. The molecule has 0 fully saturated rings. The van der Waals surface area contributed by atoms with Gasteiger partial charge in [0, 0.05) is 36.0 Å². The number of imidazole rings is 1. The molecule has 6 heteroatoms. The number of methoxy groups -OCH3 is 1. The Kier molecular flexibility index (Phi) is 4.54. The molecule has 26 heavy (non-hydrogen) atoms. The van der Waals surface area contributed by atoms with Gasteiger partial charge in [0.25, 0.3) is 0 Å². The van der Waals surface area contributed by atoms with Crippen LogP contribution in [0.2, 0.25) is 0 Å². The Morgan fingerprint density at radius 2 is 2.04 bits per heavy atom. The van der Waals surface area contributed by atoms with Crippen molar-refractivity contribution in [3.63, 3.8) is 0 Å². The minimum Gasteiger partial charge on any atom is -0.494 e. The molecule has 1 N–H and O–H groups in total. The Hall–Kier alpha value is -2.92. The maximum absolute atomic E-state index is 5.90. The molecule has 0 aliphatic carbocycles. The summed E-state index contributed by atoms with van der Waals surface area (Å²) >= 11 is 5.90. The van der Waals surface area contributed by atoms with Crippen LogP contribution >= 0.6 is 11.6 Å². The number of hydrogen-bond donors (Lipinski definition) is 1. The Balaban J connectivity index is 1.67. The van der Waals surface area contributed by atoms with Crippen LogP contribution in [0.15, 0.2) is 55.0 Å². The number of aromatic nitrogens is 4. The molecule has 3 aromatic heterocycles. The van der Waals surface area contributed by atoms with E-state index in [9.17, 15) is 0 Å². The summed E-state index contributed by atoms with van der Waals surface area (Å²) in [5.41, 5.74) is 5.94. The summed E-state index contributed by atoms with van der Waals surface area (Å²) in [5.74, 6) is 2.10. The van der Waals surface area contributed by atoms with Gasteiger partial charge in [0.05, 0.1) is 24.3 Å². The van der Waals surface area contributed by atoms with Crippen molar-refractivity contribution in [2.75, 3.05) is 7.11 Å². The molecule has 5 nitrogen and oxygen atoms in total. The molecule has 0 atom stereocenters. The number of H-pyrrole nitrogens is 1. The Morgan fingerprint density at radius 1 is 1.12 bits per heavy atom. The second-order valence-electron chi connectivity index (χ2n) is 5.96. The van der Waals surface area contributed by atoms with E-state index in [-0.39, 0.29) is 0 Å². The van der Waals surface area contributed by atoms with E-state index < -0.39 is 0 Å². The molecule has 130 valence electrons. The van der Waals surface area contributed by atoms with Gasteiger partial charge >= 0.3 is 0 Å². The fraction of sp³-hybridized carbons (Fsp3) is 0.150. The normalized spacial score (nSPS) is 11.0. The Morgan fingerprint density at radius 3 is 2.88 bits per heavy atom. The average molecular weight is 365 g/mol. The van der Waals surface area contributed by atoms with Gasteiger partial charge in [-0.2, -0.15) is 0 Å². The summed E-state index contributed by atoms with van der Waals surface area (Å²) < 4.78 is 5.41. The molecule has 0 radical (unpaired) electrons. The monoisotopic (exact) mass is 364 g/mol. The molecule has 0 aliphatic heterocycles. The van der Waals surface area contributed by atoms with E-state index in [2.05, 4.69) is 26.0 Å². The standard InChI is InChI=1S/C20H17ClN4O/c1-26-19-12-22-6-5-16(19)14-2-3-17-18(9-14)25-20(24-17)10-15-8-13(11-21)4-7-23-15/h2-9,12H,10-11H2,1H3,(H,24,25). The number of aromatic amines is 1. The molecule has 4 rings (SSSR count). The van der Waals surface area contributed by atoms with E-state index in [1.165, 1.54) is 0 Å². The maximum atomic E-state index is 5.90. The third-order valence-electron chi connectivity index (χ3n) is 4.23. The number of rotatable bonds is 5. The lowest BCUT2D eigenvalue weighted by atomic mass is 10.1. The van der Waals surface area contributed by atoms with Gasteiger partial charge in [-0.1, -0.05) is 6.07 Å². The zero-order valence-corrected chi connectivity index (χ0v) is 15.0. The van der Waals surface area contributed by atoms with Crippen molar-refractivity contribution in [2.24, 2.45) is 0 Å². The first-order valence-electron chi connectivity index (χ1n) is 8.23. The van der Waals surface area contributed by atoms with Gasteiger partial charge < -0.3 is 9.72 Å². The number of alkyl halides is 1. The molecule has 3 heterocycles. The van der Waals surface area contributed by atoms with Crippen LogP contribution in [0.5, 0.6) is 5.75 Å². The second kappa shape index (κ2) is 7.14. The number of hydrogen-bond acceptors (Lipinski definition) is 4. The zero-order valence-electron chi connectivity index (χ0n) is 14.2. The second-order valence-corrected chi connectivity index (χ2v) is 6.22. The largest absolute Gasteiger partial charge is 0.494 e. The number of halogens is 1. The molecule has 0 bridgehead atoms. The van der Waals surface area contributed by atoms with E-state index in [1.807, 2.05) is 30.3 Å². The molecule has 1 aromatic carbocycles. The van der Waals surface area contributed by atoms with Crippen LogP contribution in [0.1, 0.15) is 17.1 Å². The maximum Gasteiger partial charge on any atom is 0.144 e. The van der Waals surface area contributed by atoms with Gasteiger partial charge in [-0.15, -0.1) is 11.6 Å². The Bertz CT molecular complexity index is 1060. The number of benzene rings is 1. The highest BCUT2D eigenvalue weighted by Gasteiger charge is 2.09. The van der Waals surface area contributed by atoms with Crippen LogP contribution in [0.3, 0.4) is 0 Å². The van der Waals surface area contributed by atoms with Crippen molar-refractivity contribution >= 4 is 22.6 Å². The topological polar surface area (TPSA) is 63.7 Å². The minimum absolute atomic E-state index is 0.479. The first kappa shape index (κ1) is 16.5. The first-order valence-corrected chi connectivity index (χ1v) is 8.77. The van der Waals surface area contributed by atoms with E-state index in [0.29, 0.717) is 12.3 Å². The van der Waals surface area contributed by atoms with Crippen molar-refractivity contribution in [2.45, 2.75) is 12.3 Å². The summed E-state index contributed by atoms with van der Waals surface area (Å²) in [6.45, 7) is 0. The molecule has 0 amide bonds.